The Morgan fingerprint density at radius 2 is 1.89 bits per heavy atom. The maximum atomic E-state index is 12.2. The standard InChI is InChI=1S/C20H20N2O5S/c1-12(19(24)21-13-7-9-14(26-2)10-8-13)27-18(23)11-17-20(25)22-15-5-3-4-6-16(15)28-17/h3-10,12,17H,11H2,1-2H3,(H,21,24)(H,22,25)/t12-,17+/m0/s1. The number of hydrogen-bond acceptors (Lipinski definition) is 6. The number of fused-ring (bicyclic) bond motifs is 1. The highest BCUT2D eigenvalue weighted by Crippen LogP contribution is 2.36. The minimum absolute atomic E-state index is 0.120. The highest BCUT2D eigenvalue weighted by Gasteiger charge is 2.30. The third-order valence-corrected chi connectivity index (χ3v) is 5.37. The van der Waals surface area contributed by atoms with Crippen molar-refractivity contribution in [3.05, 3.63) is 48.5 Å². The van der Waals surface area contributed by atoms with Crippen LogP contribution in [0.1, 0.15) is 13.3 Å². The molecule has 0 unspecified atom stereocenters. The zero-order valence-electron chi connectivity index (χ0n) is 15.4. The summed E-state index contributed by atoms with van der Waals surface area (Å²) in [6.45, 7) is 1.49. The zero-order valence-corrected chi connectivity index (χ0v) is 16.2. The highest BCUT2D eigenvalue weighted by molar-refractivity contribution is 8.01. The Balaban J connectivity index is 1.52. The number of benzene rings is 2. The molecule has 8 heteroatoms. The molecule has 3 rings (SSSR count). The molecule has 0 aliphatic carbocycles. The Kier molecular flexibility index (Phi) is 6.20. The van der Waals surface area contributed by atoms with E-state index in [1.807, 2.05) is 18.2 Å². The van der Waals surface area contributed by atoms with Gasteiger partial charge in [-0.05, 0) is 43.3 Å². The van der Waals surface area contributed by atoms with Crippen LogP contribution in [-0.2, 0) is 19.1 Å². The van der Waals surface area contributed by atoms with Gasteiger partial charge in [-0.15, -0.1) is 11.8 Å². The van der Waals surface area contributed by atoms with Crippen molar-refractivity contribution in [3.63, 3.8) is 0 Å². The van der Waals surface area contributed by atoms with Crippen molar-refractivity contribution in [2.75, 3.05) is 17.7 Å². The SMILES string of the molecule is COc1ccc(NC(=O)[C@H](C)OC(=O)C[C@H]2Sc3ccccc3NC2=O)cc1. The molecule has 0 bridgehead atoms. The van der Waals surface area contributed by atoms with E-state index in [-0.39, 0.29) is 12.3 Å². The minimum Gasteiger partial charge on any atom is -0.497 e. The van der Waals surface area contributed by atoms with Crippen molar-refractivity contribution in [2.45, 2.75) is 29.6 Å². The lowest BCUT2D eigenvalue weighted by atomic mass is 10.2. The second-order valence-electron chi connectivity index (χ2n) is 6.15. The number of anilines is 2. The summed E-state index contributed by atoms with van der Waals surface area (Å²) in [6.07, 6.45) is -1.11. The molecule has 0 fully saturated rings. The number of amides is 2. The molecular weight excluding hydrogens is 380 g/mol. The molecule has 0 aromatic heterocycles. The molecule has 1 aliphatic rings. The number of thioether (sulfide) groups is 1. The van der Waals surface area contributed by atoms with Gasteiger partial charge in [0.25, 0.3) is 5.91 Å². The van der Waals surface area contributed by atoms with E-state index >= 15 is 0 Å². The first-order chi connectivity index (χ1) is 13.5. The van der Waals surface area contributed by atoms with Crippen molar-refractivity contribution in [3.8, 4) is 5.75 Å². The van der Waals surface area contributed by atoms with E-state index in [2.05, 4.69) is 10.6 Å². The smallest absolute Gasteiger partial charge is 0.308 e. The molecule has 0 radical (unpaired) electrons. The quantitative estimate of drug-likeness (QED) is 0.724. The first-order valence-corrected chi connectivity index (χ1v) is 9.55. The maximum absolute atomic E-state index is 12.2. The van der Waals surface area contributed by atoms with Gasteiger partial charge in [-0.2, -0.15) is 0 Å². The van der Waals surface area contributed by atoms with Gasteiger partial charge in [0.15, 0.2) is 6.10 Å². The number of carbonyl (C=O) groups excluding carboxylic acids is 3. The monoisotopic (exact) mass is 400 g/mol. The third kappa shape index (κ3) is 4.83. The van der Waals surface area contributed by atoms with E-state index in [4.69, 9.17) is 9.47 Å². The van der Waals surface area contributed by atoms with Crippen LogP contribution in [-0.4, -0.2) is 36.2 Å². The summed E-state index contributed by atoms with van der Waals surface area (Å²) in [5.41, 5.74) is 1.29. The average molecular weight is 400 g/mol. The maximum Gasteiger partial charge on any atom is 0.308 e. The lowest BCUT2D eigenvalue weighted by Gasteiger charge is -2.23. The second-order valence-corrected chi connectivity index (χ2v) is 7.39. The van der Waals surface area contributed by atoms with Crippen molar-refractivity contribution in [2.24, 2.45) is 0 Å². The molecule has 2 aromatic carbocycles. The van der Waals surface area contributed by atoms with Crippen molar-refractivity contribution in [1.82, 2.24) is 0 Å². The highest BCUT2D eigenvalue weighted by atomic mass is 32.2. The van der Waals surface area contributed by atoms with Gasteiger partial charge in [-0.25, -0.2) is 0 Å². The van der Waals surface area contributed by atoms with Crippen LogP contribution in [0.5, 0.6) is 5.75 Å². The molecule has 0 saturated heterocycles. The lowest BCUT2D eigenvalue weighted by molar-refractivity contribution is -0.153. The molecule has 2 aromatic rings. The Morgan fingerprint density at radius 1 is 1.18 bits per heavy atom. The average Bonchev–Trinajstić information content (AvgIpc) is 2.69. The number of rotatable bonds is 6. The fourth-order valence-corrected chi connectivity index (χ4v) is 3.69. The Labute approximate surface area is 166 Å². The van der Waals surface area contributed by atoms with Crippen molar-refractivity contribution < 1.29 is 23.9 Å². The van der Waals surface area contributed by atoms with E-state index in [1.54, 1.807) is 37.4 Å². The van der Waals surface area contributed by atoms with Crippen LogP contribution in [0.15, 0.2) is 53.4 Å². The summed E-state index contributed by atoms with van der Waals surface area (Å²) in [5, 5.41) is 4.85. The second kappa shape index (κ2) is 8.79. The Morgan fingerprint density at radius 3 is 2.61 bits per heavy atom. The molecule has 0 saturated carbocycles. The van der Waals surface area contributed by atoms with Crippen LogP contribution >= 0.6 is 11.8 Å². The molecular formula is C20H20N2O5S. The zero-order chi connectivity index (χ0) is 20.1. The molecule has 2 atom stereocenters. The van der Waals surface area contributed by atoms with E-state index < -0.39 is 23.2 Å². The number of methoxy groups -OCH3 is 1. The summed E-state index contributed by atoms with van der Waals surface area (Å²) < 4.78 is 10.3. The van der Waals surface area contributed by atoms with Gasteiger partial charge in [0.2, 0.25) is 5.91 Å². The first kappa shape index (κ1) is 19.8. The number of carbonyl (C=O) groups is 3. The first-order valence-electron chi connectivity index (χ1n) is 8.67. The molecule has 2 N–H and O–H groups in total. The Bertz CT molecular complexity index is 884. The molecule has 1 heterocycles. The topological polar surface area (TPSA) is 93.7 Å². The number of para-hydroxylation sites is 1. The molecule has 1 aliphatic heterocycles. The molecule has 0 spiro atoms. The normalized spacial score (nSPS) is 16.4. The van der Waals surface area contributed by atoms with Gasteiger partial charge in [0.1, 0.15) is 5.75 Å². The fourth-order valence-electron chi connectivity index (χ4n) is 2.60. The number of nitrogens with one attached hydrogen (secondary N) is 2. The van der Waals surface area contributed by atoms with Gasteiger partial charge >= 0.3 is 5.97 Å². The summed E-state index contributed by atoms with van der Waals surface area (Å²) in [5.74, 6) is -0.646. The largest absolute Gasteiger partial charge is 0.497 e. The van der Waals surface area contributed by atoms with Gasteiger partial charge in [0, 0.05) is 10.6 Å². The molecule has 146 valence electrons. The summed E-state index contributed by atoms with van der Waals surface area (Å²) in [4.78, 5) is 37.5. The van der Waals surface area contributed by atoms with E-state index in [0.29, 0.717) is 11.4 Å². The van der Waals surface area contributed by atoms with Gasteiger partial charge < -0.3 is 20.1 Å². The third-order valence-electron chi connectivity index (χ3n) is 4.09. The van der Waals surface area contributed by atoms with Crippen LogP contribution < -0.4 is 15.4 Å². The number of hydrogen-bond donors (Lipinski definition) is 2. The predicted molar refractivity (Wildman–Crippen MR) is 107 cm³/mol. The molecule has 7 nitrogen and oxygen atoms in total. The van der Waals surface area contributed by atoms with Crippen LogP contribution in [0.4, 0.5) is 11.4 Å². The van der Waals surface area contributed by atoms with E-state index in [1.165, 1.54) is 18.7 Å². The van der Waals surface area contributed by atoms with E-state index in [9.17, 15) is 14.4 Å². The van der Waals surface area contributed by atoms with Gasteiger partial charge in [-0.3, -0.25) is 14.4 Å². The van der Waals surface area contributed by atoms with E-state index in [0.717, 1.165) is 10.6 Å². The summed E-state index contributed by atoms with van der Waals surface area (Å²) in [6, 6.07) is 14.2. The lowest BCUT2D eigenvalue weighted by Crippen LogP contribution is -2.34. The van der Waals surface area contributed by atoms with Gasteiger partial charge in [0.05, 0.1) is 24.5 Å². The predicted octanol–water partition coefficient (Wildman–Crippen LogP) is 3.07. The summed E-state index contributed by atoms with van der Waals surface area (Å²) >= 11 is 1.31. The summed E-state index contributed by atoms with van der Waals surface area (Å²) in [7, 11) is 1.55. The molecule has 28 heavy (non-hydrogen) atoms. The van der Waals surface area contributed by atoms with Crippen molar-refractivity contribution >= 4 is 40.9 Å². The van der Waals surface area contributed by atoms with Gasteiger partial charge in [-0.1, -0.05) is 12.1 Å². The molecule has 2 amide bonds. The van der Waals surface area contributed by atoms with Crippen LogP contribution in [0, 0.1) is 0 Å². The number of esters is 1. The van der Waals surface area contributed by atoms with Crippen LogP contribution in [0.2, 0.25) is 0 Å². The number of ether oxygens (including phenoxy) is 2. The minimum atomic E-state index is -0.987. The van der Waals surface area contributed by atoms with Crippen LogP contribution in [0.25, 0.3) is 0 Å². The van der Waals surface area contributed by atoms with Crippen molar-refractivity contribution in [1.29, 1.82) is 0 Å². The Hall–Kier alpha value is -3.00. The fraction of sp³-hybridized carbons (Fsp3) is 0.250. The van der Waals surface area contributed by atoms with Crippen LogP contribution in [0.3, 0.4) is 0 Å².